The number of amides is 1. The summed E-state index contributed by atoms with van der Waals surface area (Å²) in [5, 5.41) is 22.2. The maximum Gasteiger partial charge on any atom is 0.276 e. The smallest absolute Gasteiger partial charge is 0.276 e. The lowest BCUT2D eigenvalue weighted by Gasteiger charge is -2.34. The summed E-state index contributed by atoms with van der Waals surface area (Å²) < 4.78 is 1.40. The number of carbonyl (C=O) groups excluding carboxylic acids is 1. The molecule has 1 aromatic carbocycles. The van der Waals surface area contributed by atoms with Crippen molar-refractivity contribution in [2.75, 3.05) is 19.6 Å². The van der Waals surface area contributed by atoms with Gasteiger partial charge in [-0.25, -0.2) is 4.68 Å². The molecule has 9 heteroatoms. The Morgan fingerprint density at radius 3 is 2.88 bits per heavy atom. The summed E-state index contributed by atoms with van der Waals surface area (Å²) in [5.41, 5.74) is 0.714. The number of nitro groups is 1. The number of rotatable bonds is 6. The summed E-state index contributed by atoms with van der Waals surface area (Å²) in [5.74, 6) is -0.143. The molecule has 1 N–H and O–H groups in total. The highest BCUT2D eigenvalue weighted by molar-refractivity contribution is 5.92. The van der Waals surface area contributed by atoms with Gasteiger partial charge in [-0.1, -0.05) is 18.2 Å². The fourth-order valence-corrected chi connectivity index (χ4v) is 3.19. The van der Waals surface area contributed by atoms with Gasteiger partial charge >= 0.3 is 0 Å². The van der Waals surface area contributed by atoms with Crippen LogP contribution in [0.5, 0.6) is 0 Å². The molecule has 1 amide bonds. The first-order chi connectivity index (χ1) is 12.6. The van der Waals surface area contributed by atoms with Crippen LogP contribution in [0.4, 0.5) is 5.69 Å². The zero-order valence-electron chi connectivity index (χ0n) is 14.7. The summed E-state index contributed by atoms with van der Waals surface area (Å²) in [6.45, 7) is 4.52. The van der Waals surface area contributed by atoms with E-state index in [0.29, 0.717) is 12.2 Å². The normalized spacial score (nSPS) is 15.0. The molecule has 9 nitrogen and oxygen atoms in total. The van der Waals surface area contributed by atoms with E-state index in [1.165, 1.54) is 23.0 Å². The molecule has 1 aliphatic rings. The molecule has 0 bridgehead atoms. The van der Waals surface area contributed by atoms with E-state index in [4.69, 9.17) is 0 Å². The molecule has 0 unspecified atom stereocenters. The van der Waals surface area contributed by atoms with Gasteiger partial charge in [0.25, 0.3) is 11.6 Å². The highest BCUT2D eigenvalue weighted by Gasteiger charge is 2.27. The maximum atomic E-state index is 12.9. The third-order valence-electron chi connectivity index (χ3n) is 4.49. The van der Waals surface area contributed by atoms with Crippen molar-refractivity contribution in [3.63, 3.8) is 0 Å². The number of benzene rings is 1. The molecule has 1 saturated heterocycles. The van der Waals surface area contributed by atoms with Crippen LogP contribution in [0.2, 0.25) is 0 Å². The number of piperidine rings is 1. The molecule has 3 rings (SSSR count). The number of aromatic nitrogens is 3. The van der Waals surface area contributed by atoms with E-state index in [1.807, 2.05) is 11.8 Å². The van der Waals surface area contributed by atoms with Crippen molar-refractivity contribution in [1.29, 1.82) is 0 Å². The fraction of sp³-hybridized carbons (Fsp3) is 0.471. The second-order valence-electron chi connectivity index (χ2n) is 6.31. The van der Waals surface area contributed by atoms with Crippen molar-refractivity contribution in [3.05, 3.63) is 46.3 Å². The van der Waals surface area contributed by atoms with Gasteiger partial charge in [-0.15, -0.1) is 5.10 Å². The van der Waals surface area contributed by atoms with Crippen molar-refractivity contribution in [2.24, 2.45) is 0 Å². The van der Waals surface area contributed by atoms with Crippen LogP contribution in [0, 0.1) is 10.1 Å². The molecule has 26 heavy (non-hydrogen) atoms. The van der Waals surface area contributed by atoms with Gasteiger partial charge in [0, 0.05) is 24.7 Å². The molecular weight excluding hydrogens is 336 g/mol. The van der Waals surface area contributed by atoms with Gasteiger partial charge in [0.2, 0.25) is 0 Å². The molecule has 0 aliphatic carbocycles. The van der Waals surface area contributed by atoms with E-state index >= 15 is 0 Å². The van der Waals surface area contributed by atoms with Gasteiger partial charge in [-0.2, -0.15) is 0 Å². The van der Waals surface area contributed by atoms with Crippen molar-refractivity contribution >= 4 is 11.6 Å². The first-order valence-electron chi connectivity index (χ1n) is 8.79. The zero-order chi connectivity index (χ0) is 18.5. The van der Waals surface area contributed by atoms with Crippen molar-refractivity contribution < 1.29 is 9.72 Å². The second kappa shape index (κ2) is 8.05. The number of hydrogen-bond donors (Lipinski definition) is 1. The minimum atomic E-state index is -0.466. The Bertz CT molecular complexity index is 784. The SMILES string of the molecule is CCCN(C(=O)c1cn(-c2cccc([N+](=O)[O-])c2)nn1)C1CCNCC1. The first-order valence-corrected chi connectivity index (χ1v) is 8.79. The molecule has 2 aromatic rings. The van der Waals surface area contributed by atoms with Crippen LogP contribution in [-0.4, -0.2) is 56.4 Å². The van der Waals surface area contributed by atoms with Crippen LogP contribution in [0.15, 0.2) is 30.5 Å². The average molecular weight is 358 g/mol. The molecule has 0 radical (unpaired) electrons. The van der Waals surface area contributed by atoms with E-state index < -0.39 is 4.92 Å². The van der Waals surface area contributed by atoms with E-state index in [-0.39, 0.29) is 23.3 Å². The average Bonchev–Trinajstić information content (AvgIpc) is 3.16. The van der Waals surface area contributed by atoms with E-state index in [0.717, 1.165) is 32.4 Å². The predicted molar refractivity (Wildman–Crippen MR) is 95.2 cm³/mol. The molecule has 0 spiro atoms. The van der Waals surface area contributed by atoms with Crippen LogP contribution in [0.25, 0.3) is 5.69 Å². The minimum absolute atomic E-state index is 0.0341. The van der Waals surface area contributed by atoms with E-state index in [9.17, 15) is 14.9 Å². The van der Waals surface area contributed by atoms with Crippen molar-refractivity contribution in [3.8, 4) is 5.69 Å². The molecule has 1 aliphatic heterocycles. The second-order valence-corrected chi connectivity index (χ2v) is 6.31. The quantitative estimate of drug-likeness (QED) is 0.623. The van der Waals surface area contributed by atoms with Gasteiger partial charge in [-0.3, -0.25) is 14.9 Å². The summed E-state index contributed by atoms with van der Waals surface area (Å²) in [6.07, 6.45) is 4.25. The molecule has 138 valence electrons. The van der Waals surface area contributed by atoms with Crippen LogP contribution >= 0.6 is 0 Å². The highest BCUT2D eigenvalue weighted by Crippen LogP contribution is 2.18. The Labute approximate surface area is 151 Å². The Hall–Kier alpha value is -2.81. The number of hydrogen-bond acceptors (Lipinski definition) is 6. The van der Waals surface area contributed by atoms with Gasteiger partial charge in [0.1, 0.15) is 0 Å². The standard InChI is InChI=1S/C17H22N6O3/c1-2-10-21(13-6-8-18-9-7-13)17(24)16-12-22(20-19-16)14-4-3-5-15(11-14)23(25)26/h3-5,11-13,18H,2,6-10H2,1H3. The summed E-state index contributed by atoms with van der Waals surface area (Å²) >= 11 is 0. The lowest BCUT2D eigenvalue weighted by molar-refractivity contribution is -0.384. The summed E-state index contributed by atoms with van der Waals surface area (Å²) in [4.78, 5) is 25.3. The minimum Gasteiger partial charge on any atom is -0.334 e. The van der Waals surface area contributed by atoms with Crippen molar-refractivity contribution in [1.82, 2.24) is 25.2 Å². The van der Waals surface area contributed by atoms with E-state index in [1.54, 1.807) is 12.1 Å². The molecule has 0 atom stereocenters. The Morgan fingerprint density at radius 2 is 2.19 bits per heavy atom. The number of nitrogens with zero attached hydrogens (tertiary/aromatic N) is 5. The number of nitro benzene ring substituents is 1. The summed E-state index contributed by atoms with van der Waals surface area (Å²) in [7, 11) is 0. The van der Waals surface area contributed by atoms with Gasteiger partial charge in [0.05, 0.1) is 16.8 Å². The van der Waals surface area contributed by atoms with Crippen LogP contribution in [0.3, 0.4) is 0 Å². The van der Waals surface area contributed by atoms with E-state index in [2.05, 4.69) is 15.6 Å². The molecule has 1 aromatic heterocycles. The predicted octanol–water partition coefficient (Wildman–Crippen LogP) is 1.78. The number of nitrogens with one attached hydrogen (secondary N) is 1. The van der Waals surface area contributed by atoms with Crippen LogP contribution in [-0.2, 0) is 0 Å². The van der Waals surface area contributed by atoms with Gasteiger partial charge < -0.3 is 10.2 Å². The number of non-ortho nitro benzene ring substituents is 1. The number of carbonyl (C=O) groups is 1. The largest absolute Gasteiger partial charge is 0.334 e. The Morgan fingerprint density at radius 1 is 1.42 bits per heavy atom. The highest BCUT2D eigenvalue weighted by atomic mass is 16.6. The van der Waals surface area contributed by atoms with Gasteiger partial charge in [-0.05, 0) is 38.4 Å². The molecule has 2 heterocycles. The maximum absolute atomic E-state index is 12.9. The Kier molecular flexibility index (Phi) is 5.57. The lowest BCUT2D eigenvalue weighted by Crippen LogP contribution is -2.46. The topological polar surface area (TPSA) is 106 Å². The fourth-order valence-electron chi connectivity index (χ4n) is 3.19. The zero-order valence-corrected chi connectivity index (χ0v) is 14.7. The van der Waals surface area contributed by atoms with Crippen LogP contribution < -0.4 is 5.32 Å². The third-order valence-corrected chi connectivity index (χ3v) is 4.49. The first kappa shape index (κ1) is 18.0. The lowest BCUT2D eigenvalue weighted by atomic mass is 10.0. The van der Waals surface area contributed by atoms with Gasteiger partial charge in [0.15, 0.2) is 5.69 Å². The summed E-state index contributed by atoms with van der Waals surface area (Å²) in [6, 6.07) is 6.28. The van der Waals surface area contributed by atoms with Crippen molar-refractivity contribution in [2.45, 2.75) is 32.2 Å². The molecular formula is C17H22N6O3. The third kappa shape index (κ3) is 3.88. The molecule has 0 saturated carbocycles. The van der Waals surface area contributed by atoms with Crippen LogP contribution in [0.1, 0.15) is 36.7 Å². The molecule has 1 fully saturated rings. The monoisotopic (exact) mass is 358 g/mol. The Balaban J connectivity index is 1.82.